The predicted octanol–water partition coefficient (Wildman–Crippen LogP) is 4.72. The quantitative estimate of drug-likeness (QED) is 0.680. The van der Waals surface area contributed by atoms with Gasteiger partial charge in [0.25, 0.3) is 0 Å². The van der Waals surface area contributed by atoms with E-state index in [1.165, 1.54) is 46.1 Å². The van der Waals surface area contributed by atoms with E-state index in [0.29, 0.717) is 16.6 Å². The number of hydrogen-bond donors (Lipinski definition) is 0. The lowest BCUT2D eigenvalue weighted by Crippen LogP contribution is -2.25. The van der Waals surface area contributed by atoms with Crippen molar-refractivity contribution >= 4 is 34.7 Å². The fourth-order valence-electron chi connectivity index (χ4n) is 3.27. The van der Waals surface area contributed by atoms with Crippen LogP contribution in [0.3, 0.4) is 0 Å². The summed E-state index contributed by atoms with van der Waals surface area (Å²) in [5.74, 6) is -0.338. The number of furan rings is 1. The topological polar surface area (TPSA) is 65.7 Å². The van der Waals surface area contributed by atoms with E-state index in [1.807, 2.05) is 36.0 Å². The summed E-state index contributed by atoms with van der Waals surface area (Å²) in [5.41, 5.74) is 1.50. The molecule has 2 aromatic rings. The van der Waals surface area contributed by atoms with Crippen LogP contribution in [0.4, 0.5) is 0 Å². The zero-order valence-electron chi connectivity index (χ0n) is 15.2. The van der Waals surface area contributed by atoms with Gasteiger partial charge in [0.15, 0.2) is 6.10 Å². The third kappa shape index (κ3) is 4.23. The third-order valence-corrected chi connectivity index (χ3v) is 6.11. The van der Waals surface area contributed by atoms with Gasteiger partial charge in [0.1, 0.15) is 5.58 Å². The first-order valence-corrected chi connectivity index (χ1v) is 10.1. The number of carbonyl (C=O) groups is 2. The highest BCUT2D eigenvalue weighted by atomic mass is 32.2. The van der Waals surface area contributed by atoms with Gasteiger partial charge in [-0.1, -0.05) is 37.5 Å². The Balaban J connectivity index is 1.81. The number of fused-ring (bicyclic) bond motifs is 1. The van der Waals surface area contributed by atoms with E-state index in [1.54, 1.807) is 0 Å². The lowest BCUT2D eigenvalue weighted by Gasteiger charge is -2.20. The summed E-state index contributed by atoms with van der Waals surface area (Å²) in [6.07, 6.45) is 5.33. The van der Waals surface area contributed by atoms with Crippen LogP contribution in [0.1, 0.15) is 55.1 Å². The summed E-state index contributed by atoms with van der Waals surface area (Å²) < 4.78 is 15.6. The van der Waals surface area contributed by atoms with E-state index >= 15 is 0 Å². The summed E-state index contributed by atoms with van der Waals surface area (Å²) in [7, 11) is 1.26. The summed E-state index contributed by atoms with van der Waals surface area (Å²) in [6, 6.07) is 7.59. The molecule has 26 heavy (non-hydrogen) atoms. The highest BCUT2D eigenvalue weighted by molar-refractivity contribution is 7.99. The second-order valence-corrected chi connectivity index (χ2v) is 7.84. The minimum absolute atomic E-state index is 0.185. The van der Waals surface area contributed by atoms with Gasteiger partial charge in [0, 0.05) is 22.0 Å². The standard InChI is InChI=1S/C20H24O5S/c1-13(19(21)23-2)24-20(22)18-16(12-26-14-8-4-3-5-9-14)15-10-6-7-11-17(15)25-18/h6-7,10-11,13-14H,3-5,8-9,12H2,1-2H3/t13-/m1/s1. The van der Waals surface area contributed by atoms with Crippen LogP contribution in [0.15, 0.2) is 28.7 Å². The van der Waals surface area contributed by atoms with Crippen LogP contribution in [0.5, 0.6) is 0 Å². The molecule has 3 rings (SSSR count). The predicted molar refractivity (Wildman–Crippen MR) is 101 cm³/mol. The molecule has 5 nitrogen and oxygen atoms in total. The number of para-hydroxylation sites is 1. The second kappa shape index (κ2) is 8.62. The number of rotatable bonds is 6. The maximum Gasteiger partial charge on any atom is 0.375 e. The molecule has 0 N–H and O–H groups in total. The molecule has 0 spiro atoms. The van der Waals surface area contributed by atoms with Crippen molar-refractivity contribution in [2.75, 3.05) is 7.11 Å². The lowest BCUT2D eigenvalue weighted by molar-refractivity contribution is -0.149. The number of thioether (sulfide) groups is 1. The molecule has 0 unspecified atom stereocenters. The zero-order chi connectivity index (χ0) is 18.5. The molecule has 1 aliphatic carbocycles. The molecule has 1 fully saturated rings. The van der Waals surface area contributed by atoms with Crippen LogP contribution in [-0.4, -0.2) is 30.4 Å². The molecule has 0 aliphatic heterocycles. The molecule has 1 atom stereocenters. The Morgan fingerprint density at radius 3 is 2.69 bits per heavy atom. The van der Waals surface area contributed by atoms with E-state index in [9.17, 15) is 9.59 Å². The summed E-state index contributed by atoms with van der Waals surface area (Å²) >= 11 is 1.87. The molecular weight excluding hydrogens is 352 g/mol. The Morgan fingerprint density at radius 2 is 1.96 bits per heavy atom. The van der Waals surface area contributed by atoms with Gasteiger partial charge >= 0.3 is 11.9 Å². The van der Waals surface area contributed by atoms with Crippen molar-refractivity contribution in [3.05, 3.63) is 35.6 Å². The monoisotopic (exact) mass is 376 g/mol. The molecular formula is C20H24O5S. The van der Waals surface area contributed by atoms with E-state index in [4.69, 9.17) is 9.15 Å². The highest BCUT2D eigenvalue weighted by Gasteiger charge is 2.27. The molecule has 1 aromatic heterocycles. The summed E-state index contributed by atoms with van der Waals surface area (Å²) in [4.78, 5) is 24.1. The van der Waals surface area contributed by atoms with Crippen LogP contribution in [0.2, 0.25) is 0 Å². The number of carbonyl (C=O) groups excluding carboxylic acids is 2. The summed E-state index contributed by atoms with van der Waals surface area (Å²) in [6.45, 7) is 1.49. The van der Waals surface area contributed by atoms with Crippen LogP contribution < -0.4 is 0 Å². The first-order valence-electron chi connectivity index (χ1n) is 9.01. The van der Waals surface area contributed by atoms with Gasteiger partial charge in [0.2, 0.25) is 5.76 Å². The van der Waals surface area contributed by atoms with E-state index < -0.39 is 18.0 Å². The smallest absolute Gasteiger partial charge is 0.375 e. The zero-order valence-corrected chi connectivity index (χ0v) is 16.0. The van der Waals surface area contributed by atoms with Crippen molar-refractivity contribution < 1.29 is 23.5 Å². The van der Waals surface area contributed by atoms with E-state index in [2.05, 4.69) is 4.74 Å². The molecule has 1 aromatic carbocycles. The van der Waals surface area contributed by atoms with Crippen molar-refractivity contribution in [2.45, 2.75) is 56.1 Å². The SMILES string of the molecule is COC(=O)[C@@H](C)OC(=O)c1oc2ccccc2c1CSC1CCCCC1. The van der Waals surface area contributed by atoms with Gasteiger partial charge in [-0.2, -0.15) is 11.8 Å². The molecule has 140 valence electrons. The Kier molecular flexibility index (Phi) is 6.25. The van der Waals surface area contributed by atoms with E-state index in [-0.39, 0.29) is 5.76 Å². The number of hydrogen-bond acceptors (Lipinski definition) is 6. The molecule has 0 saturated heterocycles. The number of methoxy groups -OCH3 is 1. The number of ether oxygens (including phenoxy) is 2. The van der Waals surface area contributed by atoms with Gasteiger partial charge in [-0.05, 0) is 25.8 Å². The fraction of sp³-hybridized carbons (Fsp3) is 0.500. The normalized spacial score (nSPS) is 16.4. The largest absolute Gasteiger partial charge is 0.466 e. The Hall–Kier alpha value is -1.95. The maximum absolute atomic E-state index is 12.6. The van der Waals surface area contributed by atoms with Gasteiger partial charge in [0.05, 0.1) is 7.11 Å². The average Bonchev–Trinajstić information content (AvgIpc) is 3.05. The minimum atomic E-state index is -0.973. The average molecular weight is 376 g/mol. The molecule has 0 bridgehead atoms. The van der Waals surface area contributed by atoms with Crippen molar-refractivity contribution in [1.82, 2.24) is 0 Å². The highest BCUT2D eigenvalue weighted by Crippen LogP contribution is 2.35. The first kappa shape index (κ1) is 18.8. The van der Waals surface area contributed by atoms with Gasteiger partial charge in [-0.25, -0.2) is 9.59 Å². The summed E-state index contributed by atoms with van der Waals surface area (Å²) in [5, 5.41) is 1.55. The van der Waals surface area contributed by atoms with Crippen molar-refractivity contribution in [2.24, 2.45) is 0 Å². The van der Waals surface area contributed by atoms with Crippen molar-refractivity contribution in [3.63, 3.8) is 0 Å². The van der Waals surface area contributed by atoms with Crippen LogP contribution in [0, 0.1) is 0 Å². The Bertz CT molecular complexity index is 776. The lowest BCUT2D eigenvalue weighted by atomic mass is 10.0. The molecule has 1 aliphatic rings. The number of esters is 2. The van der Waals surface area contributed by atoms with Crippen LogP contribution >= 0.6 is 11.8 Å². The van der Waals surface area contributed by atoms with Crippen molar-refractivity contribution in [1.29, 1.82) is 0 Å². The van der Waals surface area contributed by atoms with E-state index in [0.717, 1.165) is 10.9 Å². The van der Waals surface area contributed by atoms with Gasteiger partial charge < -0.3 is 13.9 Å². The molecule has 1 heterocycles. The minimum Gasteiger partial charge on any atom is -0.466 e. The molecule has 0 radical (unpaired) electrons. The molecule has 0 amide bonds. The second-order valence-electron chi connectivity index (χ2n) is 6.55. The Labute approximate surface area is 157 Å². The Morgan fingerprint density at radius 1 is 1.23 bits per heavy atom. The van der Waals surface area contributed by atoms with Crippen LogP contribution in [0.25, 0.3) is 11.0 Å². The van der Waals surface area contributed by atoms with Gasteiger partial charge in [-0.15, -0.1) is 0 Å². The maximum atomic E-state index is 12.6. The van der Waals surface area contributed by atoms with Gasteiger partial charge in [-0.3, -0.25) is 0 Å². The number of benzene rings is 1. The molecule has 6 heteroatoms. The molecule has 1 saturated carbocycles. The van der Waals surface area contributed by atoms with Crippen LogP contribution in [-0.2, 0) is 20.0 Å². The van der Waals surface area contributed by atoms with Crippen molar-refractivity contribution in [3.8, 4) is 0 Å². The first-order chi connectivity index (χ1) is 12.6. The fourth-order valence-corrected chi connectivity index (χ4v) is 4.62. The third-order valence-electron chi connectivity index (χ3n) is 4.72.